The van der Waals surface area contributed by atoms with Crippen LogP contribution in [-0.4, -0.2) is 89.0 Å². The van der Waals surface area contributed by atoms with E-state index >= 15 is 0 Å². The summed E-state index contributed by atoms with van der Waals surface area (Å²) in [5.74, 6) is 0. The fourth-order valence-electron chi connectivity index (χ4n) is 0.541. The summed E-state index contributed by atoms with van der Waals surface area (Å²) in [4.78, 5) is 10.9. The van der Waals surface area contributed by atoms with Crippen LogP contribution in [0.25, 0.3) is 0 Å². The van der Waals surface area contributed by atoms with E-state index in [1.165, 1.54) is 0 Å². The van der Waals surface area contributed by atoms with E-state index in [1.54, 1.807) is 0 Å². The van der Waals surface area contributed by atoms with Gasteiger partial charge < -0.3 is 51.8 Å². The van der Waals surface area contributed by atoms with Crippen LogP contribution < -0.4 is 5.32 Å². The van der Waals surface area contributed by atoms with Crippen LogP contribution >= 0.6 is 0 Å². The molecular formula is C7H14B3F12KNO2-3. The van der Waals surface area contributed by atoms with E-state index in [1.807, 2.05) is 20.8 Å². The molecule has 0 radical (unpaired) electrons. The van der Waals surface area contributed by atoms with Crippen molar-refractivity contribution in [3.63, 3.8) is 0 Å². The summed E-state index contributed by atoms with van der Waals surface area (Å²) in [5.41, 5.74) is -0.376. The molecule has 0 saturated heterocycles. The average Bonchev–Trinajstić information content (AvgIpc) is 2.16. The van der Waals surface area contributed by atoms with Crippen LogP contribution in [-0.2, 0) is 4.74 Å². The molecule has 19 heteroatoms. The van der Waals surface area contributed by atoms with Gasteiger partial charge in [0.1, 0.15) is 0 Å². The van der Waals surface area contributed by atoms with Crippen LogP contribution in [0.3, 0.4) is 0 Å². The van der Waals surface area contributed by atoms with Crippen molar-refractivity contribution >= 4 is 76.8 Å². The van der Waals surface area contributed by atoms with E-state index in [4.69, 9.17) is 4.74 Å². The zero-order chi connectivity index (χ0) is 22.4. The van der Waals surface area contributed by atoms with Gasteiger partial charge in [-0.2, -0.15) is 0 Å². The Bertz CT molecular complexity index is 310. The number of hydrogen-bond acceptors (Lipinski definition) is 2. The molecule has 26 heavy (non-hydrogen) atoms. The number of nitrogens with one attached hydrogen (secondary N) is 1. The van der Waals surface area contributed by atoms with E-state index in [0.717, 1.165) is 56.0 Å². The molecular weight excluding hydrogens is 430 g/mol. The predicted molar refractivity (Wildman–Crippen MR) is 75.4 cm³/mol. The predicted octanol–water partition coefficient (Wildman–Crippen LogP) is 5.00. The number of rotatable bonds is 2. The van der Waals surface area contributed by atoms with E-state index in [0.29, 0.717) is 0 Å². The van der Waals surface area contributed by atoms with Gasteiger partial charge in [0.05, 0.1) is 0 Å². The van der Waals surface area contributed by atoms with Crippen molar-refractivity contribution in [3.8, 4) is 0 Å². The summed E-state index contributed by atoms with van der Waals surface area (Å²) in [6, 6.07) is 0. The first-order chi connectivity index (χ1) is 11.0. The second-order valence-electron chi connectivity index (χ2n) is 4.91. The van der Waals surface area contributed by atoms with Crippen molar-refractivity contribution in [2.45, 2.75) is 26.9 Å². The second kappa shape index (κ2) is 15.2. The topological polar surface area (TPSA) is 38.3 Å². The van der Waals surface area contributed by atoms with Gasteiger partial charge in [-0.05, 0) is 0 Å². The van der Waals surface area contributed by atoms with Crippen molar-refractivity contribution < 1.29 is 61.3 Å². The Kier molecular flexibility index (Phi) is 19.8. The Labute approximate surface area is 175 Å². The summed E-state index contributed by atoms with van der Waals surface area (Å²) >= 11 is 0.808. The average molecular weight is 444 g/mol. The van der Waals surface area contributed by atoms with E-state index in [9.17, 15) is 56.6 Å². The monoisotopic (exact) mass is 444 g/mol. The molecule has 0 saturated carbocycles. The van der Waals surface area contributed by atoms with Gasteiger partial charge in [0.25, 0.3) is 0 Å². The molecule has 0 bridgehead atoms. The number of hydrogen-bond donors (Lipinski definition) is 1. The molecule has 0 heterocycles. The summed E-state index contributed by atoms with van der Waals surface area (Å²) < 4.78 is 123. The fourth-order valence-corrected chi connectivity index (χ4v) is 0.932. The van der Waals surface area contributed by atoms with E-state index in [-0.39, 0.29) is 11.7 Å². The van der Waals surface area contributed by atoms with Gasteiger partial charge in [-0.3, -0.25) is 0 Å². The van der Waals surface area contributed by atoms with Gasteiger partial charge in [-0.1, -0.05) is 0 Å². The SMILES string of the molecule is CC(C)(C)OC(=O)NC[CH2][K].F[B-](F)(F)F.F[B-](F)(F)F.F[B-](F)(F)F. The molecule has 0 aromatic carbocycles. The third-order valence-corrected chi connectivity index (χ3v) is 1.70. The Hall–Kier alpha value is 0.261. The number of alkyl carbamates (subject to hydrolysis) is 1. The van der Waals surface area contributed by atoms with Crippen LogP contribution in [0.1, 0.15) is 20.8 Å². The summed E-state index contributed by atoms with van der Waals surface area (Å²) in [6.07, 6.45) is -0.304. The van der Waals surface area contributed by atoms with Crippen molar-refractivity contribution in [2.75, 3.05) is 6.54 Å². The number of halogens is 12. The van der Waals surface area contributed by atoms with Crippen molar-refractivity contribution in [1.82, 2.24) is 5.32 Å². The normalized spacial score (nSPS) is 11.6. The van der Waals surface area contributed by atoms with Crippen LogP contribution in [0, 0.1) is 0 Å². The number of carbonyl (C=O) groups is 1. The molecule has 1 N–H and O–H groups in total. The molecule has 0 aliphatic heterocycles. The molecule has 1 amide bonds. The maximum atomic E-state index is 10.9. The molecule has 0 fully saturated rings. The second-order valence-corrected chi connectivity index (χ2v) is 6.47. The summed E-state index contributed by atoms with van der Waals surface area (Å²) in [5, 5.41) is 2.67. The molecule has 0 aliphatic rings. The minimum Gasteiger partial charge on any atom is -0.418 e. The Morgan fingerprint density at radius 1 is 0.808 bits per heavy atom. The third kappa shape index (κ3) is 153. The van der Waals surface area contributed by atoms with Crippen LogP contribution in [0.5, 0.6) is 0 Å². The first-order valence-electron chi connectivity index (χ1n) is 6.54. The van der Waals surface area contributed by atoms with E-state index in [2.05, 4.69) is 5.32 Å². The maximum Gasteiger partial charge on any atom is 0.673 e. The van der Waals surface area contributed by atoms with Crippen LogP contribution in [0.15, 0.2) is 0 Å². The first kappa shape index (κ1) is 33.8. The van der Waals surface area contributed by atoms with Crippen LogP contribution in [0.2, 0.25) is 0.515 Å². The summed E-state index contributed by atoms with van der Waals surface area (Å²) in [7, 11) is -18.0. The number of amides is 1. The van der Waals surface area contributed by atoms with Crippen molar-refractivity contribution in [1.29, 1.82) is 0 Å². The van der Waals surface area contributed by atoms with E-state index < -0.39 is 21.8 Å². The molecule has 0 aliphatic carbocycles. The minimum atomic E-state index is -6.00. The fraction of sp³-hybridized carbons (Fsp3) is 0.857. The Morgan fingerprint density at radius 3 is 1.19 bits per heavy atom. The first-order valence-corrected chi connectivity index (χ1v) is 8.75. The van der Waals surface area contributed by atoms with Gasteiger partial charge in [-0.15, -0.1) is 0 Å². The summed E-state index contributed by atoms with van der Waals surface area (Å²) in [6.45, 7) is 6.33. The molecule has 0 spiro atoms. The quantitative estimate of drug-likeness (QED) is 0.482. The molecule has 0 rings (SSSR count). The van der Waals surface area contributed by atoms with Gasteiger partial charge in [0.15, 0.2) is 0 Å². The van der Waals surface area contributed by atoms with Crippen molar-refractivity contribution in [3.05, 3.63) is 0 Å². The zero-order valence-electron chi connectivity index (χ0n) is 14.0. The molecule has 0 atom stereocenters. The minimum absolute atomic E-state index is 0.304. The number of ether oxygens (including phenoxy) is 1. The molecule has 0 aromatic heterocycles. The van der Waals surface area contributed by atoms with Crippen molar-refractivity contribution in [2.24, 2.45) is 0 Å². The van der Waals surface area contributed by atoms with Gasteiger partial charge in [0, 0.05) is 0 Å². The van der Waals surface area contributed by atoms with Crippen LogP contribution in [0.4, 0.5) is 56.6 Å². The maximum absolute atomic E-state index is 10.9. The molecule has 156 valence electrons. The third-order valence-electron chi connectivity index (χ3n) is 0.918. The smallest absolute Gasteiger partial charge is 0.418 e. The van der Waals surface area contributed by atoms with Gasteiger partial charge in [0.2, 0.25) is 0 Å². The standard InChI is InChI=1S/C7H14NO2.3BF4.K/c1-5-8-6(9)10-7(2,3)4;3*2-1(3,4)5;/h1,5H2,2-4H3,(H,8,9);;;;/q;3*-1;. The molecule has 0 unspecified atom stereocenters. The zero-order valence-corrected chi connectivity index (χ0v) is 17.1. The largest absolute Gasteiger partial charge is 0.673 e. The Balaban J connectivity index is -0.000000136. The molecule has 0 aromatic rings. The number of carbonyl (C=O) groups excluding carboxylic acids is 1. The molecule has 3 nitrogen and oxygen atoms in total. The Morgan fingerprint density at radius 2 is 1.04 bits per heavy atom. The van der Waals surface area contributed by atoms with Gasteiger partial charge in [-0.25, -0.2) is 0 Å². The van der Waals surface area contributed by atoms with Gasteiger partial charge >= 0.3 is 125 Å².